The van der Waals surface area contributed by atoms with Gasteiger partial charge in [0.15, 0.2) is 0 Å². The van der Waals surface area contributed by atoms with Gasteiger partial charge >= 0.3 is 0 Å². The molecule has 0 amide bonds. The highest BCUT2D eigenvalue weighted by atomic mass is 32.2. The fourth-order valence-electron chi connectivity index (χ4n) is 2.47. The number of aromatic amines is 1. The van der Waals surface area contributed by atoms with Gasteiger partial charge in [-0.3, -0.25) is 9.48 Å². The highest BCUT2D eigenvalue weighted by Crippen LogP contribution is 2.42. The van der Waals surface area contributed by atoms with E-state index in [1.54, 1.807) is 16.9 Å². The van der Waals surface area contributed by atoms with Gasteiger partial charge in [0.1, 0.15) is 5.82 Å². The van der Waals surface area contributed by atoms with E-state index < -0.39 is 0 Å². The predicted octanol–water partition coefficient (Wildman–Crippen LogP) is 2.47. The maximum Gasteiger partial charge on any atom is 0.251 e. The number of rotatable bonds is 3. The summed E-state index contributed by atoms with van der Waals surface area (Å²) >= 11 is 3.87. The Balaban J connectivity index is 1.99. The lowest BCUT2D eigenvalue weighted by molar-refractivity contribution is 0.746. The summed E-state index contributed by atoms with van der Waals surface area (Å²) in [5.74, 6) is 3.07. The van der Waals surface area contributed by atoms with Gasteiger partial charge in [0.2, 0.25) is 0 Å². The van der Waals surface area contributed by atoms with Gasteiger partial charge in [-0.05, 0) is 6.42 Å². The Labute approximate surface area is 131 Å². The third-order valence-electron chi connectivity index (χ3n) is 3.48. The molecule has 5 nitrogen and oxygen atoms in total. The van der Waals surface area contributed by atoms with Crippen molar-refractivity contribution < 1.29 is 0 Å². The summed E-state index contributed by atoms with van der Waals surface area (Å²) in [6.07, 6.45) is 4.71. The summed E-state index contributed by atoms with van der Waals surface area (Å²) in [6.45, 7) is 2.19. The van der Waals surface area contributed by atoms with E-state index in [2.05, 4.69) is 17.0 Å². The average Bonchev–Trinajstić information content (AvgIpc) is 2.93. The Morgan fingerprint density at radius 3 is 2.95 bits per heavy atom. The van der Waals surface area contributed by atoms with Crippen molar-refractivity contribution in [1.82, 2.24) is 19.7 Å². The fraction of sp³-hybridized carbons (Fsp3) is 0.500. The molecule has 0 spiro atoms. The van der Waals surface area contributed by atoms with Crippen LogP contribution in [0.4, 0.5) is 0 Å². The normalized spacial score (nSPS) is 22.4. The smallest absolute Gasteiger partial charge is 0.251 e. The quantitative estimate of drug-likeness (QED) is 0.940. The number of H-pyrrole nitrogens is 1. The molecule has 1 saturated heterocycles. The molecule has 1 N–H and O–H groups in total. The Kier molecular flexibility index (Phi) is 4.40. The Bertz CT molecular complexity index is 682. The average molecular weight is 322 g/mol. The topological polar surface area (TPSA) is 63.6 Å². The summed E-state index contributed by atoms with van der Waals surface area (Å²) in [4.78, 5) is 19.6. The van der Waals surface area contributed by atoms with Crippen LogP contribution in [0.5, 0.6) is 0 Å². The number of thioether (sulfide) groups is 2. The zero-order valence-corrected chi connectivity index (χ0v) is 13.7. The van der Waals surface area contributed by atoms with Crippen LogP contribution >= 0.6 is 23.5 Å². The number of nitrogens with zero attached hydrogens (tertiary/aromatic N) is 3. The molecule has 0 bridgehead atoms. The standard InChI is InChI=1S/C14H18N4OS2/c1-3-11-13(21-5-4-20-11)14-16-10(6-12(19)17-14)9-7-15-18(2)8-9/h6-8,11,13H,3-5H2,1-2H3,(H,16,17,19). The molecule has 1 aliphatic rings. The molecular weight excluding hydrogens is 304 g/mol. The highest BCUT2D eigenvalue weighted by molar-refractivity contribution is 8.06. The molecule has 2 unspecified atom stereocenters. The van der Waals surface area contributed by atoms with Gasteiger partial charge in [0, 0.05) is 41.6 Å². The van der Waals surface area contributed by atoms with E-state index in [9.17, 15) is 4.79 Å². The molecule has 0 aromatic carbocycles. The first kappa shape index (κ1) is 14.7. The fourth-order valence-corrected chi connectivity index (χ4v) is 5.48. The zero-order valence-electron chi connectivity index (χ0n) is 12.1. The Hall–Kier alpha value is -1.21. The van der Waals surface area contributed by atoms with E-state index in [1.165, 1.54) is 5.75 Å². The maximum atomic E-state index is 12.0. The van der Waals surface area contributed by atoms with Gasteiger partial charge in [0.05, 0.1) is 17.1 Å². The number of hydrogen-bond acceptors (Lipinski definition) is 5. The van der Waals surface area contributed by atoms with Gasteiger partial charge in [-0.25, -0.2) is 4.98 Å². The number of hydrogen-bond donors (Lipinski definition) is 1. The van der Waals surface area contributed by atoms with Crippen LogP contribution in [-0.4, -0.2) is 36.5 Å². The van der Waals surface area contributed by atoms with Crippen LogP contribution in [0.15, 0.2) is 23.3 Å². The number of aromatic nitrogens is 4. The molecule has 2 atom stereocenters. The first-order valence-corrected chi connectivity index (χ1v) is 9.10. The summed E-state index contributed by atoms with van der Waals surface area (Å²) in [7, 11) is 1.86. The molecular formula is C14H18N4OS2. The van der Waals surface area contributed by atoms with E-state index in [0.29, 0.717) is 10.9 Å². The van der Waals surface area contributed by atoms with Crippen LogP contribution in [0.1, 0.15) is 24.4 Å². The highest BCUT2D eigenvalue weighted by Gasteiger charge is 2.28. The minimum atomic E-state index is -0.0927. The third kappa shape index (κ3) is 3.18. The van der Waals surface area contributed by atoms with Crippen LogP contribution in [-0.2, 0) is 7.05 Å². The molecule has 1 aliphatic heterocycles. The van der Waals surface area contributed by atoms with Crippen LogP contribution in [0.2, 0.25) is 0 Å². The van der Waals surface area contributed by atoms with Gasteiger partial charge in [-0.2, -0.15) is 16.9 Å². The van der Waals surface area contributed by atoms with E-state index in [1.807, 2.05) is 36.8 Å². The van der Waals surface area contributed by atoms with E-state index in [0.717, 1.165) is 23.6 Å². The molecule has 2 aromatic heterocycles. The van der Waals surface area contributed by atoms with Gasteiger partial charge in [-0.1, -0.05) is 6.92 Å². The Morgan fingerprint density at radius 1 is 1.43 bits per heavy atom. The van der Waals surface area contributed by atoms with Crippen molar-refractivity contribution >= 4 is 23.5 Å². The van der Waals surface area contributed by atoms with Crippen molar-refractivity contribution in [2.75, 3.05) is 11.5 Å². The van der Waals surface area contributed by atoms with E-state index in [-0.39, 0.29) is 10.8 Å². The largest absolute Gasteiger partial charge is 0.310 e. The summed E-state index contributed by atoms with van der Waals surface area (Å²) < 4.78 is 1.72. The van der Waals surface area contributed by atoms with Gasteiger partial charge in [-0.15, -0.1) is 11.8 Å². The molecule has 2 aromatic rings. The van der Waals surface area contributed by atoms with E-state index >= 15 is 0 Å². The molecule has 3 heterocycles. The molecule has 0 radical (unpaired) electrons. The van der Waals surface area contributed by atoms with Crippen LogP contribution in [0, 0.1) is 0 Å². The molecule has 0 aliphatic carbocycles. The monoisotopic (exact) mass is 322 g/mol. The zero-order chi connectivity index (χ0) is 14.8. The lowest BCUT2D eigenvalue weighted by Crippen LogP contribution is -2.23. The lowest BCUT2D eigenvalue weighted by atomic mass is 10.2. The minimum absolute atomic E-state index is 0.0927. The SMILES string of the molecule is CCC1SCCSC1c1nc(-c2cnn(C)c2)cc(=O)[nH]1. The van der Waals surface area contributed by atoms with Crippen LogP contribution in [0.25, 0.3) is 11.3 Å². The third-order valence-corrected chi connectivity index (χ3v) is 6.74. The number of nitrogens with one attached hydrogen (secondary N) is 1. The lowest BCUT2D eigenvalue weighted by Gasteiger charge is -2.29. The number of aryl methyl sites for hydroxylation is 1. The second-order valence-corrected chi connectivity index (χ2v) is 7.62. The summed E-state index contributed by atoms with van der Waals surface area (Å²) in [6, 6.07) is 1.54. The first-order chi connectivity index (χ1) is 10.2. The summed E-state index contributed by atoms with van der Waals surface area (Å²) in [5, 5.41) is 4.92. The first-order valence-electron chi connectivity index (χ1n) is 7.01. The molecule has 1 fully saturated rings. The van der Waals surface area contributed by atoms with E-state index in [4.69, 9.17) is 4.98 Å². The van der Waals surface area contributed by atoms with Crippen molar-refractivity contribution in [3.05, 3.63) is 34.6 Å². The predicted molar refractivity (Wildman–Crippen MR) is 88.8 cm³/mol. The van der Waals surface area contributed by atoms with Crippen molar-refractivity contribution in [3.63, 3.8) is 0 Å². The Morgan fingerprint density at radius 2 is 2.24 bits per heavy atom. The van der Waals surface area contributed by atoms with Crippen molar-refractivity contribution in [1.29, 1.82) is 0 Å². The van der Waals surface area contributed by atoms with Crippen molar-refractivity contribution in [2.45, 2.75) is 23.8 Å². The van der Waals surface area contributed by atoms with Gasteiger partial charge in [0.25, 0.3) is 5.56 Å². The maximum absolute atomic E-state index is 12.0. The van der Waals surface area contributed by atoms with Crippen molar-refractivity contribution in [3.8, 4) is 11.3 Å². The second-order valence-electron chi connectivity index (χ2n) is 5.03. The molecule has 112 valence electrons. The van der Waals surface area contributed by atoms with Crippen LogP contribution < -0.4 is 5.56 Å². The second kappa shape index (κ2) is 6.27. The van der Waals surface area contributed by atoms with Crippen LogP contribution in [0.3, 0.4) is 0 Å². The van der Waals surface area contributed by atoms with Gasteiger partial charge < -0.3 is 4.98 Å². The minimum Gasteiger partial charge on any atom is -0.310 e. The molecule has 0 saturated carbocycles. The summed E-state index contributed by atoms with van der Waals surface area (Å²) in [5.41, 5.74) is 1.49. The molecule has 21 heavy (non-hydrogen) atoms. The van der Waals surface area contributed by atoms with Crippen molar-refractivity contribution in [2.24, 2.45) is 7.05 Å². The molecule has 3 rings (SSSR count). The molecule has 7 heteroatoms.